The molecule has 0 unspecified atom stereocenters. The Morgan fingerprint density at radius 2 is 2.00 bits per heavy atom. The summed E-state index contributed by atoms with van der Waals surface area (Å²) >= 11 is 0. The molecule has 4 heteroatoms. The van der Waals surface area contributed by atoms with Gasteiger partial charge in [0.2, 0.25) is 0 Å². The molecule has 0 fully saturated rings. The van der Waals surface area contributed by atoms with E-state index in [-0.39, 0.29) is 18.2 Å². The second-order valence-electron chi connectivity index (χ2n) is 2.04. The summed E-state index contributed by atoms with van der Waals surface area (Å²) in [5.74, 6) is -0.756. The lowest BCUT2D eigenvalue weighted by molar-refractivity contribution is 0.0697. The number of benzene rings is 1. The first-order valence-electron chi connectivity index (χ1n) is 3.16. The second-order valence-corrected chi connectivity index (χ2v) is 2.04. The number of rotatable bonds is 3. The minimum absolute atomic E-state index is 0.0375. The Kier molecular flexibility index (Phi) is 2.63. The lowest BCUT2D eigenvalue weighted by Gasteiger charge is -1.99. The maximum Gasteiger partial charge on any atom is 0.335 e. The Morgan fingerprint density at radius 1 is 1.42 bits per heavy atom. The van der Waals surface area contributed by atoms with Crippen LogP contribution in [-0.4, -0.2) is 11.1 Å². The summed E-state index contributed by atoms with van der Waals surface area (Å²) < 4.78 is 15.8. The normalized spacial score (nSPS) is 9.42. The number of hydrogen-bond acceptors (Lipinski definition) is 2. The van der Waals surface area contributed by atoms with E-state index in [9.17, 15) is 9.18 Å². The van der Waals surface area contributed by atoms with Crippen LogP contribution in [0, 0.1) is 6.86 Å². The van der Waals surface area contributed by atoms with Crippen LogP contribution in [0.4, 0.5) is 4.39 Å². The van der Waals surface area contributed by atoms with E-state index in [1.165, 1.54) is 24.3 Å². The van der Waals surface area contributed by atoms with E-state index >= 15 is 0 Å². The molecule has 0 heterocycles. The highest BCUT2D eigenvalue weighted by molar-refractivity contribution is 5.87. The molecule has 1 N–H and O–H groups in total. The highest BCUT2D eigenvalue weighted by Gasteiger charge is 2.01. The molecule has 0 aromatic heterocycles. The Hall–Kier alpha value is -1.58. The van der Waals surface area contributed by atoms with Crippen molar-refractivity contribution in [2.75, 3.05) is 0 Å². The van der Waals surface area contributed by atoms with Gasteiger partial charge in [0.15, 0.2) is 0 Å². The Bertz CT molecular complexity index is 268. The van der Waals surface area contributed by atoms with E-state index in [4.69, 9.17) is 5.11 Å². The van der Waals surface area contributed by atoms with E-state index in [0.29, 0.717) is 0 Å². The van der Waals surface area contributed by atoms with E-state index in [0.717, 1.165) is 0 Å². The average Bonchev–Trinajstić information content (AvgIpc) is 2.06. The largest absolute Gasteiger partial charge is 0.478 e. The van der Waals surface area contributed by atoms with Crippen molar-refractivity contribution in [1.29, 1.82) is 0 Å². The van der Waals surface area contributed by atoms with Crippen LogP contribution in [0.25, 0.3) is 0 Å². The molecule has 1 radical (unpaired) electrons. The lowest BCUT2D eigenvalue weighted by Crippen LogP contribution is -1.95. The maximum atomic E-state index is 11.5. The molecule has 1 rings (SSSR count). The molecule has 63 valence electrons. The van der Waals surface area contributed by atoms with E-state index in [1.807, 2.05) is 0 Å². The van der Waals surface area contributed by atoms with Gasteiger partial charge in [-0.2, -0.15) is 4.39 Å². The minimum Gasteiger partial charge on any atom is -0.478 e. The molecule has 0 spiro atoms. The Morgan fingerprint density at radius 3 is 2.42 bits per heavy atom. The van der Waals surface area contributed by atoms with Crippen molar-refractivity contribution in [3.8, 4) is 5.75 Å². The molecule has 0 saturated carbocycles. The fourth-order valence-corrected chi connectivity index (χ4v) is 0.728. The zero-order chi connectivity index (χ0) is 8.97. The molecule has 1 aromatic carbocycles. The van der Waals surface area contributed by atoms with Gasteiger partial charge in [-0.1, -0.05) is 0 Å². The number of carboxylic acids is 1. The first kappa shape index (κ1) is 8.52. The summed E-state index contributed by atoms with van der Waals surface area (Å²) in [5, 5.41) is 8.48. The summed E-state index contributed by atoms with van der Waals surface area (Å²) in [6, 6.07) is 5.42. The van der Waals surface area contributed by atoms with Crippen LogP contribution in [0.5, 0.6) is 5.75 Å². The molecule has 0 aliphatic carbocycles. The Labute approximate surface area is 68.4 Å². The van der Waals surface area contributed by atoms with Gasteiger partial charge in [0.05, 0.1) is 5.56 Å². The molecule has 3 nitrogen and oxygen atoms in total. The summed E-state index contributed by atoms with van der Waals surface area (Å²) in [6.45, 7) is 0.0375. The van der Waals surface area contributed by atoms with Gasteiger partial charge in [0.1, 0.15) is 5.75 Å². The van der Waals surface area contributed by atoms with Gasteiger partial charge in [-0.05, 0) is 24.3 Å². The van der Waals surface area contributed by atoms with Gasteiger partial charge in [0, 0.05) is 0 Å². The zero-order valence-corrected chi connectivity index (χ0v) is 6.03. The van der Waals surface area contributed by atoms with Gasteiger partial charge in [0.25, 0.3) is 0 Å². The van der Waals surface area contributed by atoms with Crippen molar-refractivity contribution >= 4 is 5.97 Å². The van der Waals surface area contributed by atoms with Gasteiger partial charge in [-0.3, -0.25) is 0 Å². The van der Waals surface area contributed by atoms with Crippen molar-refractivity contribution in [3.05, 3.63) is 36.7 Å². The van der Waals surface area contributed by atoms with Crippen molar-refractivity contribution < 1.29 is 19.0 Å². The fraction of sp³-hybridized carbons (Fsp3) is 0. The predicted molar refractivity (Wildman–Crippen MR) is 39.4 cm³/mol. The molecule has 12 heavy (non-hydrogen) atoms. The highest BCUT2D eigenvalue weighted by Crippen LogP contribution is 2.12. The van der Waals surface area contributed by atoms with E-state index in [1.54, 1.807) is 0 Å². The first-order valence-corrected chi connectivity index (χ1v) is 3.16. The van der Waals surface area contributed by atoms with E-state index in [2.05, 4.69) is 4.74 Å². The second kappa shape index (κ2) is 3.71. The van der Waals surface area contributed by atoms with Crippen LogP contribution in [0.2, 0.25) is 0 Å². The first-order chi connectivity index (χ1) is 5.74. The van der Waals surface area contributed by atoms with Crippen molar-refractivity contribution in [1.82, 2.24) is 0 Å². The molecule has 0 atom stereocenters. The van der Waals surface area contributed by atoms with Crippen LogP contribution in [-0.2, 0) is 0 Å². The summed E-state index contributed by atoms with van der Waals surface area (Å²) in [7, 11) is 0. The predicted octanol–water partition coefficient (Wildman–Crippen LogP) is 1.85. The van der Waals surface area contributed by atoms with Gasteiger partial charge < -0.3 is 9.84 Å². The summed E-state index contributed by atoms with van der Waals surface area (Å²) in [6.07, 6.45) is 0. The third-order valence-electron chi connectivity index (χ3n) is 1.28. The SMILES string of the molecule is O=C(O)c1ccc(O[CH]F)cc1. The average molecular weight is 169 g/mol. The number of halogens is 1. The summed E-state index contributed by atoms with van der Waals surface area (Å²) in [5.41, 5.74) is 0.140. The van der Waals surface area contributed by atoms with Gasteiger partial charge in [-0.25, -0.2) is 4.79 Å². The third kappa shape index (κ3) is 1.95. The molecular weight excluding hydrogens is 163 g/mol. The lowest BCUT2D eigenvalue weighted by atomic mass is 10.2. The number of ether oxygens (including phenoxy) is 1. The molecule has 0 bridgehead atoms. The minimum atomic E-state index is -1.02. The van der Waals surface area contributed by atoms with Gasteiger partial charge >= 0.3 is 12.8 Å². The topological polar surface area (TPSA) is 46.5 Å². The standard InChI is InChI=1S/C8H6FO3/c9-5-12-7-3-1-6(2-4-7)8(10)11/h1-5H,(H,10,11). The van der Waals surface area contributed by atoms with Crippen LogP contribution in [0.15, 0.2) is 24.3 Å². The summed E-state index contributed by atoms with van der Waals surface area (Å²) in [4.78, 5) is 10.3. The smallest absolute Gasteiger partial charge is 0.335 e. The van der Waals surface area contributed by atoms with Crippen LogP contribution >= 0.6 is 0 Å². The number of carbonyl (C=O) groups is 1. The molecule has 0 aliphatic heterocycles. The molecule has 1 aromatic rings. The number of carboxylic acid groups (broad SMARTS) is 1. The number of aromatic carboxylic acids is 1. The zero-order valence-electron chi connectivity index (χ0n) is 6.03. The molecule has 0 saturated heterocycles. The molecular formula is C8H6FO3. The highest BCUT2D eigenvalue weighted by atomic mass is 19.1. The number of hydrogen-bond donors (Lipinski definition) is 1. The fourth-order valence-electron chi connectivity index (χ4n) is 0.728. The van der Waals surface area contributed by atoms with Crippen LogP contribution < -0.4 is 4.74 Å². The Balaban J connectivity index is 2.78. The third-order valence-corrected chi connectivity index (χ3v) is 1.28. The maximum absolute atomic E-state index is 11.5. The van der Waals surface area contributed by atoms with Crippen molar-refractivity contribution in [2.45, 2.75) is 0 Å². The van der Waals surface area contributed by atoms with Crippen LogP contribution in [0.1, 0.15) is 10.4 Å². The van der Waals surface area contributed by atoms with Crippen LogP contribution in [0.3, 0.4) is 0 Å². The monoisotopic (exact) mass is 169 g/mol. The van der Waals surface area contributed by atoms with Crippen molar-refractivity contribution in [3.63, 3.8) is 0 Å². The molecule has 0 amide bonds. The molecule has 0 aliphatic rings. The van der Waals surface area contributed by atoms with Crippen molar-refractivity contribution in [2.24, 2.45) is 0 Å². The van der Waals surface area contributed by atoms with Gasteiger partial charge in [-0.15, -0.1) is 0 Å². The van der Waals surface area contributed by atoms with E-state index < -0.39 is 5.97 Å². The quantitative estimate of drug-likeness (QED) is 0.751.